The van der Waals surface area contributed by atoms with Crippen molar-refractivity contribution in [2.24, 2.45) is 0 Å². The number of morpholine rings is 1. The smallest absolute Gasteiger partial charge is 0.335 e. The Balaban J connectivity index is 0.000000190. The maximum absolute atomic E-state index is 11.8. The van der Waals surface area contributed by atoms with Crippen LogP contribution in [0.1, 0.15) is 144 Å². The van der Waals surface area contributed by atoms with Crippen molar-refractivity contribution in [1.29, 1.82) is 0 Å². The summed E-state index contributed by atoms with van der Waals surface area (Å²) in [6.45, 7) is 9.46. The van der Waals surface area contributed by atoms with E-state index in [1.807, 2.05) is 45.2 Å². The van der Waals surface area contributed by atoms with Crippen LogP contribution in [-0.4, -0.2) is 89.2 Å². The Morgan fingerprint density at radius 3 is 1.12 bits per heavy atom. The van der Waals surface area contributed by atoms with Gasteiger partial charge in [0.25, 0.3) is 0 Å². The number of fused-ring (bicyclic) bond motifs is 3. The topological polar surface area (TPSA) is 220 Å². The highest BCUT2D eigenvalue weighted by molar-refractivity contribution is 14.1. The number of aromatic carboxylic acids is 2. The zero-order valence-corrected chi connectivity index (χ0v) is 72.1. The van der Waals surface area contributed by atoms with Crippen LogP contribution in [0.2, 0.25) is 0 Å². The Morgan fingerprint density at radius 2 is 0.781 bits per heavy atom. The predicted octanol–water partition coefficient (Wildman–Crippen LogP) is 22.1. The van der Waals surface area contributed by atoms with E-state index in [1.165, 1.54) is 168 Å². The van der Waals surface area contributed by atoms with Crippen LogP contribution < -0.4 is 15.3 Å². The van der Waals surface area contributed by atoms with Crippen LogP contribution >= 0.6 is 55.7 Å². The van der Waals surface area contributed by atoms with Crippen molar-refractivity contribution in [3.63, 3.8) is 0 Å². The van der Waals surface area contributed by atoms with E-state index < -0.39 is 35.0 Å². The first kappa shape index (κ1) is 92.3. The standard InChI is InChI=1S/C24H47NO3.C18H13S.2C18H15S.C7H4I2O3.C7H6O3.C4H8O3/c1-2-3-4-5-6-7-8-9-10-11-12-13-14-15-16-17-24(26)28-23-20-25-18-21-27-22-19-25;1-2-8-14(9-3-1)19-17-12-6-4-10-15(17)16-11-5-7-13-18(16)19;2*1-4-10-16(11-5-1)19(17-12-6-2-7-13-17)18-14-8-3-9-15-18;8-3-1-4(7(11)12)6(10)5(9)2-3;8-6-4-2-1-3-5(6)7(9)10;1-4(2,7)3(5)6/h2-23H2,1H3;1-13H;2*1-15H;1-2,10H,(H,11,12);1-4,8H,(H,9,10);7H,1-2H3,(H,5,6)/q;3*+1;;;/p-3. The molecular weight excluding hydrogens is 1710 g/mol. The zero-order chi connectivity index (χ0) is 81.6. The van der Waals surface area contributed by atoms with E-state index in [1.54, 1.807) is 6.07 Å². The summed E-state index contributed by atoms with van der Waals surface area (Å²) < 4.78 is 14.8. The number of halogens is 2. The van der Waals surface area contributed by atoms with Gasteiger partial charge in [0, 0.05) is 54.4 Å². The van der Waals surface area contributed by atoms with Gasteiger partial charge >= 0.3 is 17.9 Å². The van der Waals surface area contributed by atoms with Crippen molar-refractivity contribution >= 4 is 121 Å². The Bertz CT molecular complexity index is 4350. The number of para-hydroxylation sites is 1. The van der Waals surface area contributed by atoms with Crippen LogP contribution in [-0.2, 0) is 40.9 Å². The van der Waals surface area contributed by atoms with Crippen molar-refractivity contribution in [2.45, 2.75) is 158 Å². The predicted molar refractivity (Wildman–Crippen MR) is 478 cm³/mol. The van der Waals surface area contributed by atoms with Gasteiger partial charge in [-0.2, -0.15) is 0 Å². The summed E-state index contributed by atoms with van der Waals surface area (Å²) in [6.07, 6.45) is 20.8. The molecule has 0 saturated carbocycles. The molecule has 0 unspecified atom stereocenters. The zero-order valence-electron chi connectivity index (χ0n) is 65.3. The van der Waals surface area contributed by atoms with Gasteiger partial charge in [0.1, 0.15) is 6.61 Å². The summed E-state index contributed by atoms with van der Waals surface area (Å²) in [5.74, 6) is -4.68. The number of benzene rings is 11. The summed E-state index contributed by atoms with van der Waals surface area (Å²) in [5, 5.41) is 59.7. The number of esters is 1. The Hall–Kier alpha value is -8.84. The minimum atomic E-state index is -1.69. The number of carbonyl (C=O) groups excluding carboxylic acids is 2. The summed E-state index contributed by atoms with van der Waals surface area (Å²) in [6, 6.07) is 101. The number of ether oxygens (including phenoxy) is 2. The van der Waals surface area contributed by atoms with Gasteiger partial charge in [-0.15, -0.1) is 0 Å². The lowest BCUT2D eigenvalue weighted by Gasteiger charge is -2.26. The summed E-state index contributed by atoms with van der Waals surface area (Å²) in [5.41, 5.74) is -2.03. The molecule has 0 atom stereocenters. The number of rotatable bonds is 29. The SMILES string of the molecule is CC(C)(O)C(=O)[O-].CCCCCCCCCCCCCCCCCC(=O)OCCN1CCOCC1.O=C(O)c1cc(I)cc(I)c1[O-].O=C(O)c1ccccc1[O-].c1ccc(-[s+]2c3ccccc3c3ccccc32)cc1.c1ccc([S+](c2ccccc2)c2ccccc2)cc1.c1ccc([S+](c2ccccc2)c2ccccc2)cc1. The van der Waals surface area contributed by atoms with Gasteiger partial charge in [-0.1, -0.05) is 278 Å². The molecule has 0 amide bonds. The molecule has 12 aromatic rings. The van der Waals surface area contributed by atoms with Gasteiger partial charge in [-0.3, -0.25) is 9.69 Å². The van der Waals surface area contributed by atoms with Crippen LogP contribution in [0.3, 0.4) is 0 Å². The summed E-state index contributed by atoms with van der Waals surface area (Å²) in [7, 11) is 0.0302. The average Bonchev–Trinajstić information content (AvgIpc) is 1.60. The van der Waals surface area contributed by atoms with Gasteiger partial charge in [0.2, 0.25) is 0 Å². The molecule has 3 N–H and O–H groups in total. The molecule has 114 heavy (non-hydrogen) atoms. The molecule has 1 aliphatic rings. The third kappa shape index (κ3) is 32.8. The number of aliphatic hydroxyl groups is 1. The van der Waals surface area contributed by atoms with Crippen LogP contribution in [0.25, 0.3) is 25.1 Å². The molecule has 13 rings (SSSR count). The van der Waals surface area contributed by atoms with Crippen LogP contribution in [0, 0.1) is 7.14 Å². The fourth-order valence-corrected chi connectivity index (χ4v) is 20.5. The lowest BCUT2D eigenvalue weighted by molar-refractivity contribution is -0.322. The van der Waals surface area contributed by atoms with E-state index in [9.17, 15) is 34.5 Å². The second kappa shape index (κ2) is 52.6. The fourth-order valence-electron chi connectivity index (χ4n) is 12.0. The molecule has 1 aliphatic heterocycles. The van der Waals surface area contributed by atoms with E-state index >= 15 is 0 Å². The molecule has 0 radical (unpaired) electrons. The van der Waals surface area contributed by atoms with Gasteiger partial charge in [-0.25, -0.2) is 9.59 Å². The van der Waals surface area contributed by atoms with Crippen molar-refractivity contribution in [3.05, 3.63) is 316 Å². The molecule has 2 heterocycles. The Labute approximate surface area is 709 Å². The number of carboxylic acids is 3. The molecule has 1 saturated heterocycles. The van der Waals surface area contributed by atoms with Gasteiger partial charge in [-0.05, 0) is 193 Å². The van der Waals surface area contributed by atoms with Crippen LogP contribution in [0.4, 0.5) is 0 Å². The highest BCUT2D eigenvalue weighted by atomic mass is 127. The quantitative estimate of drug-likeness (QED) is 0.0172. The number of thiophene rings is 1. The molecule has 0 spiro atoms. The maximum Gasteiger partial charge on any atom is 0.335 e. The number of unbranched alkanes of at least 4 members (excludes halogenated alkanes) is 14. The number of carbonyl (C=O) groups is 4. The molecule has 0 bridgehead atoms. The molecule has 18 heteroatoms. The van der Waals surface area contributed by atoms with Gasteiger partial charge in [0.15, 0.2) is 43.7 Å². The number of hydrogen-bond donors (Lipinski definition) is 3. The molecule has 1 aromatic heterocycles. The van der Waals surface area contributed by atoms with E-state index in [-0.39, 0.29) is 49.4 Å². The maximum atomic E-state index is 11.8. The first-order valence-corrected chi connectivity index (χ1v) is 44.7. The lowest BCUT2D eigenvalue weighted by atomic mass is 10.0. The third-order valence-corrected chi connectivity index (χ3v) is 26.2. The highest BCUT2D eigenvalue weighted by Crippen LogP contribution is 2.48. The fraction of sp³-hybridized carbons (Fsp3) is 0.271. The van der Waals surface area contributed by atoms with Crippen LogP contribution in [0.15, 0.2) is 327 Å². The second-order valence-corrected chi connectivity index (χ2v) is 35.6. The van der Waals surface area contributed by atoms with Crippen molar-refractivity contribution in [2.75, 3.05) is 39.5 Å². The molecule has 13 nitrogen and oxygen atoms in total. The third-order valence-electron chi connectivity index (χ3n) is 18.0. The van der Waals surface area contributed by atoms with E-state index in [2.05, 4.69) is 273 Å². The highest BCUT2D eigenvalue weighted by Gasteiger charge is 2.29. The average molecular weight is 1810 g/mol. The molecule has 1 fully saturated rings. The Morgan fingerprint density at radius 1 is 0.456 bits per heavy atom. The normalized spacial score (nSPS) is 11.6. The first-order valence-electron chi connectivity index (χ1n) is 38.9. The second-order valence-electron chi connectivity index (χ2n) is 27.2. The Kier molecular flexibility index (Phi) is 42.6. The molecule has 0 aliphatic carbocycles. The minimum absolute atomic E-state index is 0.0146. The monoisotopic (exact) mass is 1810 g/mol. The summed E-state index contributed by atoms with van der Waals surface area (Å²) in [4.78, 5) is 54.0. The van der Waals surface area contributed by atoms with Crippen molar-refractivity contribution in [3.8, 4) is 16.4 Å². The number of aliphatic carboxylic acids is 1. The molecule has 598 valence electrons. The number of nitrogens with zero attached hydrogens (tertiary/aromatic N) is 1. The number of hydrogen-bond acceptors (Lipinski definition) is 11. The minimum Gasteiger partial charge on any atom is -0.872 e. The van der Waals surface area contributed by atoms with Gasteiger partial charge in [0.05, 0.1) is 57.7 Å². The van der Waals surface area contributed by atoms with E-state index in [0.717, 1.165) is 63.1 Å². The molecular formula is C96H105I2NO12S3. The largest absolute Gasteiger partial charge is 0.872 e. The van der Waals surface area contributed by atoms with Crippen molar-refractivity contribution in [1.82, 2.24) is 4.90 Å². The van der Waals surface area contributed by atoms with Crippen LogP contribution in [0.5, 0.6) is 11.5 Å². The van der Waals surface area contributed by atoms with Gasteiger partial charge < -0.3 is 44.9 Å². The summed E-state index contributed by atoms with van der Waals surface area (Å²) >= 11 is 3.80. The molecule has 11 aromatic carbocycles. The first-order chi connectivity index (χ1) is 55.4. The van der Waals surface area contributed by atoms with E-state index in [4.69, 9.17) is 24.8 Å². The number of carboxylic acid groups (broad SMARTS) is 3. The lowest BCUT2D eigenvalue weighted by Crippen LogP contribution is -2.43. The van der Waals surface area contributed by atoms with E-state index in [0.29, 0.717) is 16.6 Å². The van der Waals surface area contributed by atoms with Crippen molar-refractivity contribution < 1.29 is 59.3 Å².